The molecule has 2 aliphatic heterocycles. The molecule has 2 fully saturated rings. The Bertz CT molecular complexity index is 1410. The molecule has 40 heavy (non-hydrogen) atoms. The predicted molar refractivity (Wildman–Crippen MR) is 152 cm³/mol. The first-order chi connectivity index (χ1) is 19.5. The second-order valence-corrected chi connectivity index (χ2v) is 11.2. The number of hydrogen-bond donors (Lipinski definition) is 0. The maximum atomic E-state index is 14.8. The third-order valence-corrected chi connectivity index (χ3v) is 8.45. The van der Waals surface area contributed by atoms with E-state index in [0.29, 0.717) is 5.75 Å². The van der Waals surface area contributed by atoms with E-state index in [4.69, 9.17) is 9.47 Å². The molecule has 2 aliphatic rings. The summed E-state index contributed by atoms with van der Waals surface area (Å²) in [5.41, 5.74) is 3.39. The fourth-order valence-corrected chi connectivity index (χ4v) is 6.16. The molecule has 0 aliphatic carbocycles. The molecule has 3 aromatic carbocycles. The van der Waals surface area contributed by atoms with Crippen molar-refractivity contribution in [3.63, 3.8) is 0 Å². The van der Waals surface area contributed by atoms with Crippen molar-refractivity contribution in [3.8, 4) is 0 Å². The van der Waals surface area contributed by atoms with Crippen LogP contribution in [0.1, 0.15) is 16.7 Å². The molecule has 2 unspecified atom stereocenters. The summed E-state index contributed by atoms with van der Waals surface area (Å²) < 4.78 is 42.3. The standard InChI is InChI=1S/C30H31F2N5O2S/c1-22-2-7-25(8-3-22)35-12-14-36(15-13-35)26-9-4-23(5-10-26)17-40-29-38-19-30(39-29,18-37-21-33-20-34-37)27-11-6-24(31)16-28(27)32/h2-11,16,20-21,29H,12-15,17-19H2,1H3. The lowest BCUT2D eigenvalue weighted by molar-refractivity contribution is -0.0470. The second-order valence-electron chi connectivity index (χ2n) is 10.2. The van der Waals surface area contributed by atoms with Crippen LogP contribution in [0.25, 0.3) is 0 Å². The Morgan fingerprint density at radius 3 is 2.23 bits per heavy atom. The summed E-state index contributed by atoms with van der Waals surface area (Å²) in [5.74, 6) is -0.652. The monoisotopic (exact) mass is 563 g/mol. The van der Waals surface area contributed by atoms with Gasteiger partial charge in [-0.2, -0.15) is 5.10 Å². The first kappa shape index (κ1) is 26.7. The zero-order chi connectivity index (χ0) is 27.5. The molecule has 0 N–H and O–H groups in total. The van der Waals surface area contributed by atoms with Crippen molar-refractivity contribution in [2.75, 3.05) is 42.6 Å². The van der Waals surface area contributed by atoms with Crippen LogP contribution in [0.5, 0.6) is 0 Å². The molecule has 0 spiro atoms. The molecule has 0 saturated carbocycles. The lowest BCUT2D eigenvalue weighted by Crippen LogP contribution is -2.46. The number of ether oxygens (including phenoxy) is 2. The predicted octanol–water partition coefficient (Wildman–Crippen LogP) is 5.35. The highest BCUT2D eigenvalue weighted by molar-refractivity contribution is 7.98. The Morgan fingerprint density at radius 1 is 0.925 bits per heavy atom. The summed E-state index contributed by atoms with van der Waals surface area (Å²) in [6.07, 6.45) is 2.95. The molecule has 10 heteroatoms. The van der Waals surface area contributed by atoms with E-state index in [2.05, 4.69) is 75.3 Å². The van der Waals surface area contributed by atoms with Crippen LogP contribution in [-0.2, 0) is 27.4 Å². The fourth-order valence-electron chi connectivity index (χ4n) is 5.23. The lowest BCUT2D eigenvalue weighted by Gasteiger charge is -2.37. The zero-order valence-corrected chi connectivity index (χ0v) is 23.1. The largest absolute Gasteiger partial charge is 0.368 e. The quantitative estimate of drug-likeness (QED) is 0.287. The number of hydrogen-bond acceptors (Lipinski definition) is 7. The number of rotatable bonds is 8. The third-order valence-electron chi connectivity index (χ3n) is 7.45. The summed E-state index contributed by atoms with van der Waals surface area (Å²) in [4.78, 5) is 8.82. The number of piperazine rings is 1. The van der Waals surface area contributed by atoms with E-state index in [9.17, 15) is 8.78 Å². The average molecular weight is 564 g/mol. The van der Waals surface area contributed by atoms with Gasteiger partial charge in [0.05, 0.1) is 13.2 Å². The summed E-state index contributed by atoms with van der Waals surface area (Å²) in [5, 5.41) is 4.15. The minimum Gasteiger partial charge on any atom is -0.368 e. The minimum absolute atomic E-state index is 0.112. The maximum Gasteiger partial charge on any atom is 0.208 e. The summed E-state index contributed by atoms with van der Waals surface area (Å²) in [6.45, 7) is 6.34. The van der Waals surface area contributed by atoms with Crippen LogP contribution in [0.4, 0.5) is 20.2 Å². The van der Waals surface area contributed by atoms with Gasteiger partial charge in [0.25, 0.3) is 0 Å². The van der Waals surface area contributed by atoms with Gasteiger partial charge >= 0.3 is 0 Å². The van der Waals surface area contributed by atoms with Crippen molar-refractivity contribution < 1.29 is 18.3 Å². The van der Waals surface area contributed by atoms with E-state index in [1.165, 1.54) is 53.5 Å². The van der Waals surface area contributed by atoms with E-state index in [-0.39, 0.29) is 18.7 Å². The Morgan fingerprint density at radius 2 is 1.60 bits per heavy atom. The molecule has 0 radical (unpaired) electrons. The Balaban J connectivity index is 1.06. The van der Waals surface area contributed by atoms with Gasteiger partial charge in [-0.05, 0) is 42.8 Å². The van der Waals surface area contributed by atoms with Gasteiger partial charge < -0.3 is 19.3 Å². The third kappa shape index (κ3) is 5.84. The first-order valence-corrected chi connectivity index (χ1v) is 14.4. The lowest BCUT2D eigenvalue weighted by atomic mass is 9.94. The number of anilines is 2. The van der Waals surface area contributed by atoms with Crippen LogP contribution in [0.2, 0.25) is 0 Å². The molecule has 6 rings (SSSR count). The second kappa shape index (κ2) is 11.6. The van der Waals surface area contributed by atoms with Crippen LogP contribution >= 0.6 is 11.8 Å². The fraction of sp³-hybridized carbons (Fsp3) is 0.333. The zero-order valence-electron chi connectivity index (χ0n) is 22.2. The Kier molecular flexibility index (Phi) is 7.73. The highest BCUT2D eigenvalue weighted by Crippen LogP contribution is 2.41. The number of thioether (sulfide) groups is 1. The highest BCUT2D eigenvalue weighted by atomic mass is 32.2. The van der Waals surface area contributed by atoms with Crippen LogP contribution in [0, 0.1) is 18.6 Å². The Labute approximate surface area is 236 Å². The summed E-state index contributed by atoms with van der Waals surface area (Å²) in [7, 11) is 0. The van der Waals surface area contributed by atoms with Gasteiger partial charge in [-0.15, -0.1) is 0 Å². The van der Waals surface area contributed by atoms with Gasteiger partial charge in [-0.1, -0.05) is 47.7 Å². The van der Waals surface area contributed by atoms with Gasteiger partial charge in [-0.3, -0.25) is 0 Å². The molecule has 3 heterocycles. The van der Waals surface area contributed by atoms with E-state index in [1.54, 1.807) is 4.68 Å². The smallest absolute Gasteiger partial charge is 0.208 e. The molecule has 208 valence electrons. The van der Waals surface area contributed by atoms with Crippen molar-refractivity contribution in [2.45, 2.75) is 30.4 Å². The average Bonchev–Trinajstić information content (AvgIpc) is 3.63. The van der Waals surface area contributed by atoms with Crippen LogP contribution < -0.4 is 9.80 Å². The number of aromatic nitrogens is 3. The molecular weight excluding hydrogens is 532 g/mol. The minimum atomic E-state index is -1.15. The molecule has 4 aromatic rings. The van der Waals surface area contributed by atoms with Crippen molar-refractivity contribution in [1.82, 2.24) is 14.8 Å². The van der Waals surface area contributed by atoms with E-state index in [0.717, 1.165) is 37.8 Å². The van der Waals surface area contributed by atoms with Crippen LogP contribution in [0.15, 0.2) is 79.4 Å². The molecule has 1 aromatic heterocycles. The number of nitrogens with zero attached hydrogens (tertiary/aromatic N) is 5. The number of aryl methyl sites for hydroxylation is 1. The molecule has 0 bridgehead atoms. The van der Waals surface area contributed by atoms with E-state index >= 15 is 0 Å². The normalized spacial score (nSPS) is 21.2. The van der Waals surface area contributed by atoms with Gasteiger partial charge in [0.2, 0.25) is 5.62 Å². The van der Waals surface area contributed by atoms with Crippen molar-refractivity contribution in [2.24, 2.45) is 0 Å². The SMILES string of the molecule is Cc1ccc(N2CCN(c3ccc(CSC4OCC(Cn5cncn5)(c5ccc(F)cc5F)O4)cc3)CC2)cc1. The van der Waals surface area contributed by atoms with Crippen molar-refractivity contribution in [1.29, 1.82) is 0 Å². The Hall–Kier alpha value is -3.47. The van der Waals surface area contributed by atoms with Crippen molar-refractivity contribution in [3.05, 3.63) is 108 Å². The molecule has 0 amide bonds. The molecular formula is C30H31F2N5O2S. The summed E-state index contributed by atoms with van der Waals surface area (Å²) in [6, 6.07) is 20.8. The number of benzene rings is 3. The van der Waals surface area contributed by atoms with Gasteiger partial charge in [0.1, 0.15) is 29.9 Å². The summed E-state index contributed by atoms with van der Waals surface area (Å²) >= 11 is 1.49. The maximum absolute atomic E-state index is 14.8. The van der Waals surface area contributed by atoms with E-state index < -0.39 is 22.9 Å². The first-order valence-electron chi connectivity index (χ1n) is 13.3. The topological polar surface area (TPSA) is 55.7 Å². The molecule has 2 atom stereocenters. The van der Waals surface area contributed by atoms with Crippen molar-refractivity contribution >= 4 is 23.1 Å². The van der Waals surface area contributed by atoms with E-state index in [1.807, 2.05) is 0 Å². The number of halogens is 2. The van der Waals surface area contributed by atoms with Crippen LogP contribution in [-0.4, -0.2) is 53.2 Å². The molecule has 7 nitrogen and oxygen atoms in total. The van der Waals surface area contributed by atoms with Gasteiger partial charge in [0.15, 0.2) is 0 Å². The van der Waals surface area contributed by atoms with Crippen LogP contribution in [0.3, 0.4) is 0 Å². The van der Waals surface area contributed by atoms with Gasteiger partial charge in [-0.25, -0.2) is 18.4 Å². The molecule has 2 saturated heterocycles. The van der Waals surface area contributed by atoms with Gasteiger partial charge in [0, 0.05) is 54.9 Å². The highest BCUT2D eigenvalue weighted by Gasteiger charge is 2.45.